The van der Waals surface area contributed by atoms with Crippen LogP contribution in [0.15, 0.2) is 48.5 Å². The van der Waals surface area contributed by atoms with Crippen molar-refractivity contribution in [3.8, 4) is 11.1 Å². The second-order valence-corrected chi connectivity index (χ2v) is 8.00. The van der Waals surface area contributed by atoms with Crippen molar-refractivity contribution in [3.63, 3.8) is 0 Å². The summed E-state index contributed by atoms with van der Waals surface area (Å²) >= 11 is 0. The van der Waals surface area contributed by atoms with Crippen LogP contribution in [0.1, 0.15) is 59.8 Å². The second-order valence-electron chi connectivity index (χ2n) is 8.00. The van der Waals surface area contributed by atoms with Crippen LogP contribution < -0.4 is 5.32 Å². The zero-order valence-corrected chi connectivity index (χ0v) is 17.3. The molecule has 0 fully saturated rings. The first-order chi connectivity index (χ1) is 14.9. The molecule has 3 N–H and O–H groups in total. The van der Waals surface area contributed by atoms with Gasteiger partial charge in [-0.1, -0.05) is 62.4 Å². The maximum atomic E-state index is 12.6. The van der Waals surface area contributed by atoms with Gasteiger partial charge in [-0.25, -0.2) is 14.6 Å². The number of carbonyl (C=O) groups is 2. The summed E-state index contributed by atoms with van der Waals surface area (Å²) in [7, 11) is 0. The lowest BCUT2D eigenvalue weighted by Gasteiger charge is -2.19. The van der Waals surface area contributed by atoms with E-state index < -0.39 is 18.1 Å². The van der Waals surface area contributed by atoms with Gasteiger partial charge in [-0.3, -0.25) is 5.10 Å². The molecule has 1 unspecified atom stereocenters. The normalized spacial score (nSPS) is 13.5. The van der Waals surface area contributed by atoms with Crippen LogP contribution in [-0.2, 0) is 4.74 Å². The van der Waals surface area contributed by atoms with E-state index in [9.17, 15) is 9.59 Å². The van der Waals surface area contributed by atoms with Crippen molar-refractivity contribution in [2.24, 2.45) is 5.92 Å². The molecule has 1 aliphatic carbocycles. The molecule has 0 bridgehead atoms. The van der Waals surface area contributed by atoms with Crippen molar-refractivity contribution in [3.05, 3.63) is 71.3 Å². The number of nitrogens with zero attached hydrogens (tertiary/aromatic N) is 2. The van der Waals surface area contributed by atoms with Crippen LogP contribution in [0.4, 0.5) is 4.79 Å². The average molecular weight is 420 g/mol. The van der Waals surface area contributed by atoms with Crippen LogP contribution in [0.2, 0.25) is 0 Å². The van der Waals surface area contributed by atoms with Crippen LogP contribution in [0.25, 0.3) is 11.1 Å². The number of hydrogen-bond acceptors (Lipinski definition) is 5. The van der Waals surface area contributed by atoms with Gasteiger partial charge in [0.05, 0.1) is 6.04 Å². The fourth-order valence-electron chi connectivity index (χ4n) is 4.02. The van der Waals surface area contributed by atoms with Gasteiger partial charge in [0.15, 0.2) is 0 Å². The van der Waals surface area contributed by atoms with E-state index in [1.165, 1.54) is 0 Å². The Bertz CT molecular complexity index is 1060. The number of rotatable bonds is 7. The number of benzene rings is 2. The number of alkyl carbamates (subject to hydrolysis) is 1. The molecular weight excluding hydrogens is 396 g/mol. The molecule has 4 rings (SSSR count). The topological polar surface area (TPSA) is 117 Å². The Hall–Kier alpha value is -3.68. The van der Waals surface area contributed by atoms with E-state index in [1.54, 1.807) is 0 Å². The first kappa shape index (κ1) is 20.6. The molecule has 1 aromatic heterocycles. The maximum Gasteiger partial charge on any atom is 0.407 e. The SMILES string of the molecule is CC(C)CC(NC(=O)OCC1c2ccccc2-c2ccccc21)c1nc(C(=O)O)n[nH]1. The number of aromatic carboxylic acids is 1. The third-order valence-electron chi connectivity index (χ3n) is 5.37. The zero-order valence-electron chi connectivity index (χ0n) is 17.3. The van der Waals surface area contributed by atoms with Gasteiger partial charge in [-0.2, -0.15) is 0 Å². The van der Waals surface area contributed by atoms with Gasteiger partial charge >= 0.3 is 12.1 Å². The number of carboxylic acids is 1. The fraction of sp³-hybridized carbons (Fsp3) is 0.304. The molecule has 0 spiro atoms. The van der Waals surface area contributed by atoms with Crippen LogP contribution in [-0.4, -0.2) is 39.0 Å². The predicted molar refractivity (Wildman–Crippen MR) is 114 cm³/mol. The van der Waals surface area contributed by atoms with E-state index in [0.29, 0.717) is 12.2 Å². The van der Waals surface area contributed by atoms with Crippen LogP contribution in [0, 0.1) is 5.92 Å². The summed E-state index contributed by atoms with van der Waals surface area (Å²) in [5.74, 6) is -1.08. The number of aromatic nitrogens is 3. The predicted octanol–water partition coefficient (Wildman–Crippen LogP) is 4.13. The maximum absolute atomic E-state index is 12.6. The Morgan fingerprint density at radius 2 is 1.71 bits per heavy atom. The Morgan fingerprint density at radius 1 is 1.10 bits per heavy atom. The van der Waals surface area contributed by atoms with Crippen molar-refractivity contribution in [1.29, 1.82) is 0 Å². The lowest BCUT2D eigenvalue weighted by atomic mass is 9.98. The Kier molecular flexibility index (Phi) is 5.70. The number of carbonyl (C=O) groups excluding carboxylic acids is 1. The Labute approximate surface area is 179 Å². The molecule has 1 heterocycles. The summed E-state index contributed by atoms with van der Waals surface area (Å²) in [6.45, 7) is 4.20. The highest BCUT2D eigenvalue weighted by Gasteiger charge is 2.29. The highest BCUT2D eigenvalue weighted by Crippen LogP contribution is 2.44. The fourth-order valence-corrected chi connectivity index (χ4v) is 4.02. The molecule has 1 amide bonds. The molecule has 160 valence electrons. The number of amides is 1. The van der Waals surface area contributed by atoms with Gasteiger partial charge < -0.3 is 15.2 Å². The summed E-state index contributed by atoms with van der Waals surface area (Å²) in [5.41, 5.74) is 4.59. The van der Waals surface area contributed by atoms with Crippen molar-refractivity contribution in [2.45, 2.75) is 32.2 Å². The number of aromatic amines is 1. The molecular formula is C23H24N4O4. The van der Waals surface area contributed by atoms with Gasteiger partial charge in [0.1, 0.15) is 12.4 Å². The van der Waals surface area contributed by atoms with Crippen molar-refractivity contribution in [2.75, 3.05) is 6.61 Å². The van der Waals surface area contributed by atoms with Gasteiger partial charge in [0, 0.05) is 5.92 Å². The second kappa shape index (κ2) is 8.59. The van der Waals surface area contributed by atoms with Gasteiger partial charge in [0.2, 0.25) is 0 Å². The summed E-state index contributed by atoms with van der Waals surface area (Å²) in [5, 5.41) is 18.1. The lowest BCUT2D eigenvalue weighted by molar-refractivity contribution is 0.0684. The minimum absolute atomic E-state index is 0.0365. The molecule has 0 saturated carbocycles. The molecule has 0 radical (unpaired) electrons. The number of carboxylic acid groups (broad SMARTS) is 1. The Morgan fingerprint density at radius 3 is 2.26 bits per heavy atom. The molecule has 0 aliphatic heterocycles. The summed E-state index contributed by atoms with van der Waals surface area (Å²) in [6.07, 6.45) is -0.0286. The van der Waals surface area contributed by atoms with E-state index in [-0.39, 0.29) is 24.3 Å². The number of H-pyrrole nitrogens is 1. The summed E-state index contributed by atoms with van der Waals surface area (Å²) in [6, 6.07) is 15.7. The quantitative estimate of drug-likeness (QED) is 0.529. The van der Waals surface area contributed by atoms with Gasteiger partial charge in [-0.05, 0) is 34.6 Å². The minimum atomic E-state index is -1.23. The first-order valence-corrected chi connectivity index (χ1v) is 10.2. The molecule has 8 heteroatoms. The molecule has 2 aromatic carbocycles. The largest absolute Gasteiger partial charge is 0.475 e. The number of fused-ring (bicyclic) bond motifs is 3. The van der Waals surface area contributed by atoms with Crippen molar-refractivity contribution < 1.29 is 19.4 Å². The molecule has 1 atom stereocenters. The average Bonchev–Trinajstić information content (AvgIpc) is 3.35. The summed E-state index contributed by atoms with van der Waals surface area (Å²) in [4.78, 5) is 27.7. The Balaban J connectivity index is 1.47. The van der Waals surface area contributed by atoms with Crippen LogP contribution in [0.3, 0.4) is 0 Å². The number of hydrogen-bond donors (Lipinski definition) is 3. The monoisotopic (exact) mass is 420 g/mol. The molecule has 1 aliphatic rings. The zero-order chi connectivity index (χ0) is 22.0. The smallest absolute Gasteiger partial charge is 0.407 e. The van der Waals surface area contributed by atoms with Crippen molar-refractivity contribution >= 4 is 12.1 Å². The van der Waals surface area contributed by atoms with Crippen molar-refractivity contribution in [1.82, 2.24) is 20.5 Å². The molecule has 8 nitrogen and oxygen atoms in total. The van der Waals surface area contributed by atoms with Gasteiger partial charge in [0.25, 0.3) is 5.82 Å². The lowest BCUT2D eigenvalue weighted by Crippen LogP contribution is -2.32. The minimum Gasteiger partial charge on any atom is -0.475 e. The first-order valence-electron chi connectivity index (χ1n) is 10.2. The number of ether oxygens (including phenoxy) is 1. The third kappa shape index (κ3) is 4.28. The van der Waals surface area contributed by atoms with E-state index in [1.807, 2.05) is 38.1 Å². The summed E-state index contributed by atoms with van der Waals surface area (Å²) < 4.78 is 5.60. The molecule has 3 aromatic rings. The van der Waals surface area contributed by atoms with Crippen LogP contribution in [0.5, 0.6) is 0 Å². The van der Waals surface area contributed by atoms with E-state index in [4.69, 9.17) is 9.84 Å². The van der Waals surface area contributed by atoms with Gasteiger partial charge in [-0.15, -0.1) is 5.10 Å². The van der Waals surface area contributed by atoms with E-state index in [2.05, 4.69) is 44.8 Å². The third-order valence-corrected chi connectivity index (χ3v) is 5.37. The highest BCUT2D eigenvalue weighted by atomic mass is 16.5. The van der Waals surface area contributed by atoms with Crippen LogP contribution >= 0.6 is 0 Å². The number of nitrogens with one attached hydrogen (secondary N) is 2. The molecule has 31 heavy (non-hydrogen) atoms. The standard InChI is InChI=1S/C23H24N4O4/c1-13(2)11-19(20-25-21(22(28)29)27-26-20)24-23(30)31-12-18-16-9-5-3-7-14(16)15-8-4-6-10-17(15)18/h3-10,13,18-19H,11-12H2,1-2H3,(H,24,30)(H,28,29)(H,25,26,27). The highest BCUT2D eigenvalue weighted by molar-refractivity contribution is 5.83. The van der Waals surface area contributed by atoms with E-state index >= 15 is 0 Å². The van der Waals surface area contributed by atoms with E-state index in [0.717, 1.165) is 22.3 Å². The molecule has 0 saturated heterocycles.